The maximum absolute atomic E-state index is 12.4. The lowest BCUT2D eigenvalue weighted by Gasteiger charge is -2.34. The van der Waals surface area contributed by atoms with Crippen molar-refractivity contribution in [1.82, 2.24) is 25.0 Å². The van der Waals surface area contributed by atoms with Gasteiger partial charge in [0.25, 0.3) is 0 Å². The van der Waals surface area contributed by atoms with E-state index in [0.717, 1.165) is 44.1 Å². The summed E-state index contributed by atoms with van der Waals surface area (Å²) in [6.07, 6.45) is 5.56. The Bertz CT molecular complexity index is 418. The quantitative estimate of drug-likeness (QED) is 0.856. The predicted octanol–water partition coefficient (Wildman–Crippen LogP) is 0.179. The second-order valence-electron chi connectivity index (χ2n) is 5.18. The predicted molar refractivity (Wildman–Crippen MR) is 73.6 cm³/mol. The van der Waals surface area contributed by atoms with E-state index in [0.29, 0.717) is 5.92 Å². The van der Waals surface area contributed by atoms with Crippen molar-refractivity contribution in [3.05, 3.63) is 12.7 Å². The van der Waals surface area contributed by atoms with Crippen LogP contribution in [0.15, 0.2) is 12.7 Å². The fraction of sp³-hybridized carbons (Fsp3) is 0.750. The smallest absolute Gasteiger partial charge is 0.240 e. The van der Waals surface area contributed by atoms with E-state index in [4.69, 9.17) is 0 Å². The Kier molecular flexibility index (Phi) is 4.03. The van der Waals surface area contributed by atoms with Crippen LogP contribution >= 0.6 is 11.8 Å². The number of hydrogen-bond acceptors (Lipinski definition) is 5. The largest absolute Gasteiger partial charge is 0.341 e. The molecule has 7 heteroatoms. The molecule has 2 aliphatic heterocycles. The molecule has 0 saturated carbocycles. The van der Waals surface area contributed by atoms with E-state index in [1.165, 1.54) is 0 Å². The van der Waals surface area contributed by atoms with Gasteiger partial charge in [-0.15, -0.1) is 11.8 Å². The SMILES string of the molecule is O=C([C@H]1CSCN1)N1CCCC(Cn2cncn2)C1. The highest BCUT2D eigenvalue weighted by Gasteiger charge is 2.30. The Balaban J connectivity index is 1.56. The third-order valence-corrected chi connectivity index (χ3v) is 4.70. The molecule has 0 radical (unpaired) electrons. The zero-order chi connectivity index (χ0) is 13.1. The third-order valence-electron chi connectivity index (χ3n) is 3.76. The first kappa shape index (κ1) is 12.9. The number of hydrogen-bond donors (Lipinski definition) is 1. The van der Waals surface area contributed by atoms with Crippen molar-refractivity contribution < 1.29 is 4.79 Å². The summed E-state index contributed by atoms with van der Waals surface area (Å²) in [6.45, 7) is 2.60. The minimum atomic E-state index is 0.0233. The average Bonchev–Trinajstić information content (AvgIpc) is 3.11. The first-order valence-corrected chi connectivity index (χ1v) is 7.91. The van der Waals surface area contributed by atoms with Gasteiger partial charge in [0.05, 0.1) is 6.04 Å². The van der Waals surface area contributed by atoms with Crippen molar-refractivity contribution in [2.75, 3.05) is 24.7 Å². The first-order valence-electron chi connectivity index (χ1n) is 6.75. The summed E-state index contributed by atoms with van der Waals surface area (Å²) < 4.78 is 1.86. The molecule has 1 amide bonds. The summed E-state index contributed by atoms with van der Waals surface area (Å²) in [5, 5.41) is 7.40. The van der Waals surface area contributed by atoms with Crippen molar-refractivity contribution in [3.63, 3.8) is 0 Å². The molecular weight excluding hydrogens is 262 g/mol. The van der Waals surface area contributed by atoms with Crippen molar-refractivity contribution in [3.8, 4) is 0 Å². The molecule has 1 aromatic heterocycles. The number of carbonyl (C=O) groups is 1. The fourth-order valence-corrected chi connectivity index (χ4v) is 3.71. The zero-order valence-electron chi connectivity index (χ0n) is 10.9. The van der Waals surface area contributed by atoms with E-state index in [-0.39, 0.29) is 11.9 Å². The highest BCUT2D eigenvalue weighted by atomic mass is 32.2. The van der Waals surface area contributed by atoms with Gasteiger partial charge in [-0.05, 0) is 18.8 Å². The lowest BCUT2D eigenvalue weighted by atomic mass is 9.97. The van der Waals surface area contributed by atoms with Crippen LogP contribution in [0.1, 0.15) is 12.8 Å². The monoisotopic (exact) mass is 281 g/mol. The van der Waals surface area contributed by atoms with Crippen molar-refractivity contribution in [1.29, 1.82) is 0 Å². The number of thioether (sulfide) groups is 1. The number of rotatable bonds is 3. The Morgan fingerprint density at radius 1 is 1.53 bits per heavy atom. The summed E-state index contributed by atoms with van der Waals surface area (Å²) >= 11 is 1.80. The van der Waals surface area contributed by atoms with Gasteiger partial charge in [0.2, 0.25) is 5.91 Å². The molecule has 2 aliphatic rings. The molecule has 1 N–H and O–H groups in total. The third kappa shape index (κ3) is 3.09. The standard InChI is InChI=1S/C12H19N5OS/c18-12(11-6-19-9-14-11)16-3-1-2-10(4-16)5-17-8-13-7-15-17/h7-8,10-11,14H,1-6,9H2/t10?,11-/m1/s1. The van der Waals surface area contributed by atoms with Gasteiger partial charge in [0.15, 0.2) is 0 Å². The lowest BCUT2D eigenvalue weighted by molar-refractivity contribution is -0.134. The molecule has 1 aromatic rings. The Labute approximate surface area is 116 Å². The van der Waals surface area contributed by atoms with Gasteiger partial charge in [0.1, 0.15) is 12.7 Å². The van der Waals surface area contributed by atoms with E-state index in [2.05, 4.69) is 15.4 Å². The van der Waals surface area contributed by atoms with E-state index >= 15 is 0 Å². The average molecular weight is 281 g/mol. The maximum Gasteiger partial charge on any atom is 0.240 e. The molecule has 0 aromatic carbocycles. The van der Waals surface area contributed by atoms with Gasteiger partial charge in [-0.3, -0.25) is 14.8 Å². The lowest BCUT2D eigenvalue weighted by Crippen LogP contribution is -2.49. The van der Waals surface area contributed by atoms with Gasteiger partial charge in [0, 0.05) is 31.3 Å². The molecule has 3 rings (SSSR count). The highest BCUT2D eigenvalue weighted by Crippen LogP contribution is 2.20. The van der Waals surface area contributed by atoms with Crippen LogP contribution in [0.2, 0.25) is 0 Å². The van der Waals surface area contributed by atoms with Crippen LogP contribution in [0.4, 0.5) is 0 Å². The molecule has 2 fully saturated rings. The summed E-state index contributed by atoms with van der Waals surface area (Å²) in [6, 6.07) is 0.0233. The summed E-state index contributed by atoms with van der Waals surface area (Å²) in [4.78, 5) is 18.3. The molecule has 0 aliphatic carbocycles. The fourth-order valence-electron chi connectivity index (χ4n) is 2.78. The molecule has 0 spiro atoms. The summed E-state index contributed by atoms with van der Waals surface area (Å²) in [5.74, 6) is 2.57. The number of carbonyl (C=O) groups excluding carboxylic acids is 1. The number of aromatic nitrogens is 3. The molecule has 6 nitrogen and oxygen atoms in total. The summed E-state index contributed by atoms with van der Waals surface area (Å²) in [5.41, 5.74) is 0. The highest BCUT2D eigenvalue weighted by molar-refractivity contribution is 7.99. The molecule has 104 valence electrons. The minimum absolute atomic E-state index is 0.0233. The Morgan fingerprint density at radius 3 is 3.21 bits per heavy atom. The Morgan fingerprint density at radius 2 is 2.47 bits per heavy atom. The Hall–Kier alpha value is -1.08. The first-order chi connectivity index (χ1) is 9.33. The number of nitrogens with one attached hydrogen (secondary N) is 1. The summed E-state index contributed by atoms with van der Waals surface area (Å²) in [7, 11) is 0. The van der Waals surface area contributed by atoms with Crippen LogP contribution in [0.3, 0.4) is 0 Å². The minimum Gasteiger partial charge on any atom is -0.341 e. The maximum atomic E-state index is 12.4. The van der Waals surface area contributed by atoms with Crippen molar-refractivity contribution in [2.45, 2.75) is 25.4 Å². The van der Waals surface area contributed by atoms with Crippen LogP contribution in [-0.2, 0) is 11.3 Å². The second kappa shape index (κ2) is 5.92. The number of nitrogens with zero attached hydrogens (tertiary/aromatic N) is 4. The van der Waals surface area contributed by atoms with Gasteiger partial charge >= 0.3 is 0 Å². The number of likely N-dealkylation sites (tertiary alicyclic amines) is 1. The van der Waals surface area contributed by atoms with Gasteiger partial charge < -0.3 is 4.90 Å². The molecule has 0 bridgehead atoms. The second-order valence-corrected chi connectivity index (χ2v) is 6.21. The van der Waals surface area contributed by atoms with E-state index in [1.54, 1.807) is 24.4 Å². The van der Waals surface area contributed by atoms with Gasteiger partial charge in [-0.1, -0.05) is 0 Å². The van der Waals surface area contributed by atoms with Crippen LogP contribution in [0, 0.1) is 5.92 Å². The molecule has 1 unspecified atom stereocenters. The van der Waals surface area contributed by atoms with Gasteiger partial charge in [-0.2, -0.15) is 5.10 Å². The van der Waals surface area contributed by atoms with Gasteiger partial charge in [-0.25, -0.2) is 4.98 Å². The van der Waals surface area contributed by atoms with Crippen molar-refractivity contribution in [2.24, 2.45) is 5.92 Å². The topological polar surface area (TPSA) is 63.1 Å². The van der Waals surface area contributed by atoms with E-state index in [1.807, 2.05) is 9.58 Å². The van der Waals surface area contributed by atoms with Crippen LogP contribution < -0.4 is 5.32 Å². The zero-order valence-corrected chi connectivity index (χ0v) is 11.7. The molecule has 19 heavy (non-hydrogen) atoms. The normalized spacial score (nSPS) is 27.7. The number of piperidine rings is 1. The van der Waals surface area contributed by atoms with E-state index < -0.39 is 0 Å². The van der Waals surface area contributed by atoms with E-state index in [9.17, 15) is 4.79 Å². The molecular formula is C12H19N5OS. The molecule has 2 saturated heterocycles. The van der Waals surface area contributed by atoms with Crippen LogP contribution in [0.5, 0.6) is 0 Å². The van der Waals surface area contributed by atoms with Crippen molar-refractivity contribution >= 4 is 17.7 Å². The van der Waals surface area contributed by atoms with Crippen LogP contribution in [0.25, 0.3) is 0 Å². The molecule has 2 atom stereocenters. The molecule has 3 heterocycles. The van der Waals surface area contributed by atoms with Crippen LogP contribution in [-0.4, -0.2) is 56.3 Å². The number of amides is 1.